The number of fused-ring (bicyclic) bond motifs is 1. The summed E-state index contributed by atoms with van der Waals surface area (Å²) in [4.78, 5) is 19.7. The van der Waals surface area contributed by atoms with Crippen LogP contribution < -0.4 is 10.1 Å². The number of para-hydroxylation sites is 2. The van der Waals surface area contributed by atoms with E-state index in [4.69, 9.17) is 4.74 Å². The molecule has 0 radical (unpaired) electrons. The Morgan fingerprint density at radius 3 is 2.85 bits per heavy atom. The molecule has 0 unspecified atom stereocenters. The molecule has 1 heterocycles. The number of amides is 1. The van der Waals surface area contributed by atoms with Crippen LogP contribution in [0.4, 0.5) is 0 Å². The van der Waals surface area contributed by atoms with Crippen LogP contribution in [0.3, 0.4) is 0 Å². The zero-order valence-corrected chi connectivity index (χ0v) is 15.3. The fraction of sp³-hybridized carbons (Fsp3) is 0.333. The first kappa shape index (κ1) is 18.0. The van der Waals surface area contributed by atoms with Crippen LogP contribution in [0.25, 0.3) is 11.0 Å². The molecule has 3 aromatic rings. The van der Waals surface area contributed by atoms with Gasteiger partial charge in [0.25, 0.3) is 0 Å². The summed E-state index contributed by atoms with van der Waals surface area (Å²) in [6.07, 6.45) is 1.86. The lowest BCUT2D eigenvalue weighted by molar-refractivity contribution is -0.121. The van der Waals surface area contributed by atoms with Crippen molar-refractivity contribution in [3.8, 4) is 5.75 Å². The first-order valence-corrected chi connectivity index (χ1v) is 9.02. The third-order valence-electron chi connectivity index (χ3n) is 4.26. The van der Waals surface area contributed by atoms with E-state index in [1.807, 2.05) is 43.3 Å². The Labute approximate surface area is 153 Å². The molecule has 2 N–H and O–H groups in total. The molecule has 136 valence electrons. The number of carbonyl (C=O) groups excluding carboxylic acids is 1. The number of aromatic nitrogens is 2. The molecule has 1 aromatic heterocycles. The topological polar surface area (TPSA) is 67.0 Å². The van der Waals surface area contributed by atoms with E-state index in [9.17, 15) is 4.79 Å². The third-order valence-corrected chi connectivity index (χ3v) is 4.26. The molecule has 26 heavy (non-hydrogen) atoms. The SMILES string of the molecule is Cc1ccc(OCCCC(=O)NCCc2nc3ccccc3[nH]2)c(C)c1. The van der Waals surface area contributed by atoms with Gasteiger partial charge in [-0.1, -0.05) is 29.8 Å². The van der Waals surface area contributed by atoms with Crippen LogP contribution in [0.2, 0.25) is 0 Å². The van der Waals surface area contributed by atoms with Gasteiger partial charge in [0, 0.05) is 19.4 Å². The molecule has 0 saturated carbocycles. The average Bonchev–Trinajstić information content (AvgIpc) is 3.03. The van der Waals surface area contributed by atoms with Gasteiger partial charge < -0.3 is 15.0 Å². The molecular formula is C21H25N3O2. The Hall–Kier alpha value is -2.82. The van der Waals surface area contributed by atoms with Gasteiger partial charge in [-0.3, -0.25) is 4.79 Å². The molecule has 1 amide bonds. The molecule has 3 rings (SSSR count). The highest BCUT2D eigenvalue weighted by atomic mass is 16.5. The second-order valence-corrected chi connectivity index (χ2v) is 6.52. The van der Waals surface area contributed by atoms with Crippen molar-refractivity contribution in [1.29, 1.82) is 0 Å². The summed E-state index contributed by atoms with van der Waals surface area (Å²) >= 11 is 0. The van der Waals surface area contributed by atoms with Gasteiger partial charge in [0.15, 0.2) is 0 Å². The Morgan fingerprint density at radius 2 is 2.04 bits per heavy atom. The maximum Gasteiger partial charge on any atom is 0.220 e. The highest BCUT2D eigenvalue weighted by Gasteiger charge is 2.05. The van der Waals surface area contributed by atoms with Crippen molar-refractivity contribution in [2.75, 3.05) is 13.2 Å². The van der Waals surface area contributed by atoms with Gasteiger partial charge in [-0.25, -0.2) is 4.98 Å². The van der Waals surface area contributed by atoms with E-state index in [2.05, 4.69) is 28.3 Å². The van der Waals surface area contributed by atoms with Gasteiger partial charge in [-0.05, 0) is 44.0 Å². The summed E-state index contributed by atoms with van der Waals surface area (Å²) in [5.41, 5.74) is 4.33. The van der Waals surface area contributed by atoms with Crippen LogP contribution in [0, 0.1) is 13.8 Å². The van der Waals surface area contributed by atoms with E-state index in [-0.39, 0.29) is 5.91 Å². The zero-order chi connectivity index (χ0) is 18.4. The van der Waals surface area contributed by atoms with Crippen molar-refractivity contribution in [2.24, 2.45) is 0 Å². The fourth-order valence-electron chi connectivity index (χ4n) is 2.91. The van der Waals surface area contributed by atoms with Crippen molar-refractivity contribution >= 4 is 16.9 Å². The first-order chi connectivity index (χ1) is 12.6. The highest BCUT2D eigenvalue weighted by Crippen LogP contribution is 2.18. The molecule has 0 spiro atoms. The number of ether oxygens (including phenoxy) is 1. The fourth-order valence-corrected chi connectivity index (χ4v) is 2.91. The number of nitrogens with zero attached hydrogens (tertiary/aromatic N) is 1. The number of rotatable bonds is 8. The molecule has 5 heteroatoms. The Morgan fingerprint density at radius 1 is 1.19 bits per heavy atom. The zero-order valence-electron chi connectivity index (χ0n) is 15.3. The minimum atomic E-state index is 0.0466. The number of nitrogens with one attached hydrogen (secondary N) is 2. The minimum absolute atomic E-state index is 0.0466. The van der Waals surface area contributed by atoms with E-state index in [1.165, 1.54) is 5.56 Å². The van der Waals surface area contributed by atoms with E-state index < -0.39 is 0 Å². The van der Waals surface area contributed by atoms with Gasteiger partial charge in [-0.2, -0.15) is 0 Å². The van der Waals surface area contributed by atoms with Crippen molar-refractivity contribution in [1.82, 2.24) is 15.3 Å². The second-order valence-electron chi connectivity index (χ2n) is 6.52. The lowest BCUT2D eigenvalue weighted by Crippen LogP contribution is -2.26. The number of aryl methyl sites for hydroxylation is 2. The van der Waals surface area contributed by atoms with E-state index >= 15 is 0 Å². The standard InChI is InChI=1S/C21H25N3O2/c1-15-9-10-19(16(2)14-15)26-13-5-8-21(25)22-12-11-20-23-17-6-3-4-7-18(17)24-20/h3-4,6-7,9-10,14H,5,8,11-13H2,1-2H3,(H,22,25)(H,23,24). The number of H-pyrrole nitrogens is 1. The summed E-state index contributed by atoms with van der Waals surface area (Å²) in [5.74, 6) is 1.83. The molecule has 2 aromatic carbocycles. The normalized spacial score (nSPS) is 10.8. The smallest absolute Gasteiger partial charge is 0.220 e. The predicted octanol–water partition coefficient (Wildman–Crippen LogP) is 3.70. The second kappa shape index (κ2) is 8.52. The minimum Gasteiger partial charge on any atom is -0.493 e. The maximum atomic E-state index is 11.9. The quantitative estimate of drug-likeness (QED) is 0.608. The highest BCUT2D eigenvalue weighted by molar-refractivity contribution is 5.76. The molecule has 0 bridgehead atoms. The summed E-state index contributed by atoms with van der Waals surface area (Å²) < 4.78 is 5.75. The average molecular weight is 351 g/mol. The van der Waals surface area contributed by atoms with Crippen LogP contribution in [0.5, 0.6) is 5.75 Å². The van der Waals surface area contributed by atoms with Gasteiger partial charge in [0.05, 0.1) is 17.6 Å². The van der Waals surface area contributed by atoms with Crippen molar-refractivity contribution in [3.63, 3.8) is 0 Å². The number of hydrogen-bond acceptors (Lipinski definition) is 3. The Bertz CT molecular complexity index is 853. The number of benzene rings is 2. The van der Waals surface area contributed by atoms with Gasteiger partial charge in [0.2, 0.25) is 5.91 Å². The van der Waals surface area contributed by atoms with E-state index in [0.29, 0.717) is 32.4 Å². The van der Waals surface area contributed by atoms with Crippen molar-refractivity contribution < 1.29 is 9.53 Å². The number of hydrogen-bond donors (Lipinski definition) is 2. The first-order valence-electron chi connectivity index (χ1n) is 9.02. The predicted molar refractivity (Wildman–Crippen MR) is 103 cm³/mol. The van der Waals surface area contributed by atoms with Crippen LogP contribution >= 0.6 is 0 Å². The number of carbonyl (C=O) groups is 1. The largest absolute Gasteiger partial charge is 0.493 e. The molecule has 5 nitrogen and oxygen atoms in total. The molecule has 0 aliphatic heterocycles. The summed E-state index contributed by atoms with van der Waals surface area (Å²) in [5, 5.41) is 2.94. The van der Waals surface area contributed by atoms with E-state index in [1.54, 1.807) is 0 Å². The number of aromatic amines is 1. The summed E-state index contributed by atoms with van der Waals surface area (Å²) in [7, 11) is 0. The summed E-state index contributed by atoms with van der Waals surface area (Å²) in [6, 6.07) is 14.0. The van der Waals surface area contributed by atoms with Crippen LogP contribution in [0.1, 0.15) is 29.8 Å². The van der Waals surface area contributed by atoms with Crippen molar-refractivity contribution in [3.05, 3.63) is 59.4 Å². The molecular weight excluding hydrogens is 326 g/mol. The van der Waals surface area contributed by atoms with Crippen LogP contribution in [-0.2, 0) is 11.2 Å². The molecule has 0 aliphatic rings. The lowest BCUT2D eigenvalue weighted by atomic mass is 10.1. The Balaban J connectivity index is 1.34. The number of imidazole rings is 1. The Kier molecular flexibility index (Phi) is 5.89. The molecule has 0 saturated heterocycles. The van der Waals surface area contributed by atoms with E-state index in [0.717, 1.165) is 28.2 Å². The molecule has 0 atom stereocenters. The molecule has 0 fully saturated rings. The van der Waals surface area contributed by atoms with Gasteiger partial charge in [0.1, 0.15) is 11.6 Å². The third kappa shape index (κ3) is 4.85. The van der Waals surface area contributed by atoms with Crippen molar-refractivity contribution in [2.45, 2.75) is 33.1 Å². The van der Waals surface area contributed by atoms with Crippen LogP contribution in [-0.4, -0.2) is 29.0 Å². The van der Waals surface area contributed by atoms with Crippen LogP contribution in [0.15, 0.2) is 42.5 Å². The van der Waals surface area contributed by atoms with Gasteiger partial charge >= 0.3 is 0 Å². The monoisotopic (exact) mass is 351 g/mol. The summed E-state index contributed by atoms with van der Waals surface area (Å²) in [6.45, 7) is 5.22. The van der Waals surface area contributed by atoms with Gasteiger partial charge in [-0.15, -0.1) is 0 Å². The maximum absolute atomic E-state index is 11.9. The molecule has 0 aliphatic carbocycles. The lowest BCUT2D eigenvalue weighted by Gasteiger charge is -2.09.